The summed E-state index contributed by atoms with van der Waals surface area (Å²) in [6, 6.07) is 19.4. The van der Waals surface area contributed by atoms with Crippen LogP contribution in [0.25, 0.3) is 0 Å². The highest BCUT2D eigenvalue weighted by molar-refractivity contribution is 6.31. The van der Waals surface area contributed by atoms with E-state index in [-0.39, 0.29) is 12.5 Å². The van der Waals surface area contributed by atoms with Gasteiger partial charge in [-0.2, -0.15) is 0 Å². The van der Waals surface area contributed by atoms with E-state index in [4.69, 9.17) is 26.8 Å². The van der Waals surface area contributed by atoms with Crippen LogP contribution in [0, 0.1) is 0 Å². The van der Waals surface area contributed by atoms with Crippen LogP contribution in [0.15, 0.2) is 66.7 Å². The van der Waals surface area contributed by atoms with Crippen molar-refractivity contribution in [3.63, 3.8) is 0 Å². The molecule has 27 heavy (non-hydrogen) atoms. The molecular weight excluding hydrogens is 364 g/mol. The normalized spacial score (nSPS) is 10.3. The first-order valence-electron chi connectivity index (χ1n) is 8.30. The van der Waals surface area contributed by atoms with Gasteiger partial charge in [0, 0.05) is 22.8 Å². The summed E-state index contributed by atoms with van der Waals surface area (Å²) < 4.78 is 11.1. The number of methoxy groups -OCH3 is 1. The third kappa shape index (κ3) is 4.51. The number of halogens is 1. The van der Waals surface area contributed by atoms with E-state index in [0.29, 0.717) is 33.3 Å². The van der Waals surface area contributed by atoms with Crippen molar-refractivity contribution in [2.75, 3.05) is 12.8 Å². The molecule has 138 valence electrons. The molecule has 0 aliphatic carbocycles. The summed E-state index contributed by atoms with van der Waals surface area (Å²) in [4.78, 5) is 12.4. The number of carbonyl (C=O) groups is 1. The minimum absolute atomic E-state index is 0.207. The number of para-hydroxylation sites is 1. The molecular formula is C21H19ClN2O3. The molecule has 6 heteroatoms. The van der Waals surface area contributed by atoms with Crippen molar-refractivity contribution < 1.29 is 14.3 Å². The highest BCUT2D eigenvalue weighted by atomic mass is 35.5. The zero-order chi connectivity index (χ0) is 19.2. The molecule has 0 unspecified atom stereocenters. The number of rotatable bonds is 6. The Morgan fingerprint density at radius 2 is 1.70 bits per heavy atom. The van der Waals surface area contributed by atoms with Gasteiger partial charge in [-0.05, 0) is 48.5 Å². The van der Waals surface area contributed by atoms with Crippen LogP contribution < -0.4 is 20.5 Å². The highest BCUT2D eigenvalue weighted by Gasteiger charge is 2.13. The van der Waals surface area contributed by atoms with E-state index >= 15 is 0 Å². The SMILES string of the molecule is COc1ccc(Oc2cccc(Cl)c2CNC(=O)c2ccccc2N)cc1. The van der Waals surface area contributed by atoms with Crippen LogP contribution in [0.3, 0.4) is 0 Å². The molecule has 3 aromatic carbocycles. The summed E-state index contributed by atoms with van der Waals surface area (Å²) in [5.74, 6) is 1.66. The molecule has 0 fully saturated rings. The van der Waals surface area contributed by atoms with E-state index in [1.165, 1.54) is 0 Å². The molecule has 0 aliphatic heterocycles. The molecule has 0 saturated heterocycles. The minimum Gasteiger partial charge on any atom is -0.497 e. The van der Waals surface area contributed by atoms with Gasteiger partial charge in [-0.1, -0.05) is 29.8 Å². The topological polar surface area (TPSA) is 73.6 Å². The number of hydrogen-bond acceptors (Lipinski definition) is 4. The van der Waals surface area contributed by atoms with Crippen molar-refractivity contribution in [1.82, 2.24) is 5.32 Å². The van der Waals surface area contributed by atoms with Crippen molar-refractivity contribution in [2.24, 2.45) is 0 Å². The molecule has 0 bridgehead atoms. The van der Waals surface area contributed by atoms with E-state index in [0.717, 1.165) is 5.75 Å². The van der Waals surface area contributed by atoms with Crippen LogP contribution >= 0.6 is 11.6 Å². The fraction of sp³-hybridized carbons (Fsp3) is 0.0952. The average molecular weight is 383 g/mol. The largest absolute Gasteiger partial charge is 0.497 e. The van der Waals surface area contributed by atoms with Crippen molar-refractivity contribution in [3.8, 4) is 17.2 Å². The molecule has 0 heterocycles. The van der Waals surface area contributed by atoms with Gasteiger partial charge in [0.2, 0.25) is 0 Å². The quantitative estimate of drug-likeness (QED) is 0.608. The number of benzene rings is 3. The van der Waals surface area contributed by atoms with Gasteiger partial charge in [-0.15, -0.1) is 0 Å². The predicted molar refractivity (Wildman–Crippen MR) is 107 cm³/mol. The first-order chi connectivity index (χ1) is 13.1. The smallest absolute Gasteiger partial charge is 0.253 e. The van der Waals surface area contributed by atoms with Gasteiger partial charge in [0.15, 0.2) is 0 Å². The molecule has 3 rings (SSSR count). The Bertz CT molecular complexity index is 942. The van der Waals surface area contributed by atoms with Gasteiger partial charge in [0.05, 0.1) is 12.7 Å². The van der Waals surface area contributed by atoms with Crippen LogP contribution in [-0.2, 0) is 6.54 Å². The third-order valence-electron chi connectivity index (χ3n) is 3.99. The first-order valence-corrected chi connectivity index (χ1v) is 8.68. The van der Waals surface area contributed by atoms with Crippen molar-refractivity contribution in [2.45, 2.75) is 6.54 Å². The summed E-state index contributed by atoms with van der Waals surface area (Å²) in [5.41, 5.74) is 7.37. The lowest BCUT2D eigenvalue weighted by Crippen LogP contribution is -2.24. The Labute approximate surface area is 162 Å². The molecule has 3 N–H and O–H groups in total. The number of hydrogen-bond donors (Lipinski definition) is 2. The second-order valence-corrected chi connectivity index (χ2v) is 6.17. The lowest BCUT2D eigenvalue weighted by molar-refractivity contribution is 0.0951. The van der Waals surface area contributed by atoms with Gasteiger partial charge in [0.25, 0.3) is 5.91 Å². The molecule has 0 radical (unpaired) electrons. The Hall–Kier alpha value is -3.18. The summed E-state index contributed by atoms with van der Waals surface area (Å²) in [6.07, 6.45) is 0. The molecule has 0 saturated carbocycles. The first kappa shape index (κ1) is 18.6. The second-order valence-electron chi connectivity index (χ2n) is 5.76. The fourth-order valence-electron chi connectivity index (χ4n) is 2.54. The van der Waals surface area contributed by atoms with Crippen LogP contribution in [0.1, 0.15) is 15.9 Å². The Kier molecular flexibility index (Phi) is 5.84. The van der Waals surface area contributed by atoms with Crippen LogP contribution in [0.4, 0.5) is 5.69 Å². The van der Waals surface area contributed by atoms with Crippen LogP contribution in [0.5, 0.6) is 17.2 Å². The van der Waals surface area contributed by atoms with Gasteiger partial charge in [0.1, 0.15) is 17.2 Å². The fourth-order valence-corrected chi connectivity index (χ4v) is 2.78. The molecule has 0 spiro atoms. The Morgan fingerprint density at radius 3 is 2.41 bits per heavy atom. The molecule has 5 nitrogen and oxygen atoms in total. The molecule has 0 aromatic heterocycles. The molecule has 0 atom stereocenters. The van der Waals surface area contributed by atoms with Gasteiger partial charge >= 0.3 is 0 Å². The number of nitrogens with one attached hydrogen (secondary N) is 1. The maximum Gasteiger partial charge on any atom is 0.253 e. The summed E-state index contributed by atoms with van der Waals surface area (Å²) in [6.45, 7) is 0.207. The number of carbonyl (C=O) groups excluding carboxylic acids is 1. The maximum absolute atomic E-state index is 12.4. The van der Waals surface area contributed by atoms with Crippen LogP contribution in [-0.4, -0.2) is 13.0 Å². The molecule has 3 aromatic rings. The van der Waals surface area contributed by atoms with Gasteiger partial charge in [-0.25, -0.2) is 0 Å². The average Bonchev–Trinajstić information content (AvgIpc) is 2.68. The summed E-state index contributed by atoms with van der Waals surface area (Å²) in [5, 5.41) is 3.34. The summed E-state index contributed by atoms with van der Waals surface area (Å²) >= 11 is 6.33. The lowest BCUT2D eigenvalue weighted by Gasteiger charge is -2.14. The van der Waals surface area contributed by atoms with Gasteiger partial charge in [-0.3, -0.25) is 4.79 Å². The standard InChI is InChI=1S/C21H19ClN2O3/c1-26-14-9-11-15(12-10-14)27-20-8-4-6-18(22)17(20)13-24-21(25)16-5-2-3-7-19(16)23/h2-12H,13,23H2,1H3,(H,24,25). The van der Waals surface area contributed by atoms with E-state index in [1.54, 1.807) is 73.8 Å². The van der Waals surface area contributed by atoms with E-state index in [2.05, 4.69) is 5.32 Å². The number of amides is 1. The second kappa shape index (κ2) is 8.47. The Balaban J connectivity index is 1.77. The molecule has 0 aliphatic rings. The highest BCUT2D eigenvalue weighted by Crippen LogP contribution is 2.31. The van der Waals surface area contributed by atoms with Crippen LogP contribution in [0.2, 0.25) is 5.02 Å². The monoisotopic (exact) mass is 382 g/mol. The number of anilines is 1. The predicted octanol–water partition coefficient (Wildman–Crippen LogP) is 4.65. The van der Waals surface area contributed by atoms with Crippen molar-refractivity contribution in [1.29, 1.82) is 0 Å². The maximum atomic E-state index is 12.4. The van der Waals surface area contributed by atoms with Crippen molar-refractivity contribution in [3.05, 3.63) is 82.9 Å². The molecule has 1 amide bonds. The number of nitrogen functional groups attached to an aromatic ring is 1. The zero-order valence-corrected chi connectivity index (χ0v) is 15.5. The zero-order valence-electron chi connectivity index (χ0n) is 14.7. The lowest BCUT2D eigenvalue weighted by atomic mass is 10.1. The van der Waals surface area contributed by atoms with Crippen molar-refractivity contribution >= 4 is 23.2 Å². The summed E-state index contributed by atoms with van der Waals surface area (Å²) in [7, 11) is 1.60. The van der Waals surface area contributed by atoms with E-state index in [9.17, 15) is 4.79 Å². The third-order valence-corrected chi connectivity index (χ3v) is 4.35. The minimum atomic E-state index is -0.275. The van der Waals surface area contributed by atoms with Gasteiger partial charge < -0.3 is 20.5 Å². The van der Waals surface area contributed by atoms with E-state index in [1.807, 2.05) is 0 Å². The Morgan fingerprint density at radius 1 is 1.00 bits per heavy atom. The number of nitrogens with two attached hydrogens (primary N) is 1. The van der Waals surface area contributed by atoms with E-state index < -0.39 is 0 Å². The number of ether oxygens (including phenoxy) is 2.